The molecule has 1 aliphatic heterocycles. The lowest BCUT2D eigenvalue weighted by Gasteiger charge is -2.30. The molecule has 0 radical (unpaired) electrons. The molecule has 0 bridgehead atoms. The van der Waals surface area contributed by atoms with Crippen molar-refractivity contribution >= 4 is 45.6 Å². The topological polar surface area (TPSA) is 50.5 Å². The standard InChI is InChI=1S/C25H26N4OS/c1-17-9-8-14-23(26-17)27-25-29(19-10-4-3-5-11-19)24(30)22(31-25)15-18-16-28(2)21-13-7-6-12-20(18)21/h6-9,12-16,19H,3-5,10-11H2,1-2H3/b22-15-,27-25+. The molecule has 3 heterocycles. The quantitative estimate of drug-likeness (QED) is 0.492. The summed E-state index contributed by atoms with van der Waals surface area (Å²) in [6, 6.07) is 14.3. The number of hydrogen-bond donors (Lipinski definition) is 0. The smallest absolute Gasteiger partial charge is 0.267 e. The number of aryl methyl sites for hydroxylation is 2. The molecular formula is C25H26N4OS. The van der Waals surface area contributed by atoms with Crippen LogP contribution < -0.4 is 0 Å². The summed E-state index contributed by atoms with van der Waals surface area (Å²) in [5.74, 6) is 0.721. The lowest BCUT2D eigenvalue weighted by molar-refractivity contribution is -0.124. The summed E-state index contributed by atoms with van der Waals surface area (Å²) >= 11 is 1.47. The first-order valence-corrected chi connectivity index (χ1v) is 11.7. The zero-order valence-corrected chi connectivity index (χ0v) is 18.7. The molecule has 6 heteroatoms. The SMILES string of the molecule is Cc1cccc(/N=C2/S/C(=C\c3cn(C)c4ccccc34)C(=O)N2C2CCCCC2)n1. The van der Waals surface area contributed by atoms with E-state index in [2.05, 4.69) is 27.9 Å². The molecule has 1 saturated carbocycles. The minimum Gasteiger partial charge on any atom is -0.350 e. The van der Waals surface area contributed by atoms with E-state index in [0.29, 0.717) is 5.82 Å². The van der Waals surface area contributed by atoms with E-state index in [4.69, 9.17) is 4.99 Å². The predicted octanol–water partition coefficient (Wildman–Crippen LogP) is 5.82. The van der Waals surface area contributed by atoms with E-state index in [-0.39, 0.29) is 11.9 Å². The Balaban J connectivity index is 1.56. The van der Waals surface area contributed by atoms with E-state index in [9.17, 15) is 4.79 Å². The van der Waals surface area contributed by atoms with Gasteiger partial charge >= 0.3 is 0 Å². The minimum absolute atomic E-state index is 0.0660. The largest absolute Gasteiger partial charge is 0.350 e. The highest BCUT2D eigenvalue weighted by atomic mass is 32.2. The Morgan fingerprint density at radius 3 is 2.71 bits per heavy atom. The molecule has 31 heavy (non-hydrogen) atoms. The van der Waals surface area contributed by atoms with Crippen molar-refractivity contribution in [3.05, 3.63) is 64.8 Å². The number of aliphatic imine (C=N–C) groups is 1. The van der Waals surface area contributed by atoms with Gasteiger partial charge in [-0.3, -0.25) is 9.69 Å². The second kappa shape index (κ2) is 8.35. The Hall–Kier alpha value is -2.86. The van der Waals surface area contributed by atoms with Crippen LogP contribution in [-0.4, -0.2) is 31.6 Å². The maximum atomic E-state index is 13.5. The summed E-state index contributed by atoms with van der Waals surface area (Å²) in [6.45, 7) is 1.96. The number of para-hydroxylation sites is 1. The van der Waals surface area contributed by atoms with Crippen molar-refractivity contribution in [2.24, 2.45) is 12.0 Å². The third kappa shape index (κ3) is 3.92. The van der Waals surface area contributed by atoms with E-state index >= 15 is 0 Å². The molecule has 0 N–H and O–H groups in total. The number of carbonyl (C=O) groups excluding carboxylic acids is 1. The van der Waals surface area contributed by atoms with E-state index in [1.165, 1.54) is 18.2 Å². The second-order valence-electron chi connectivity index (χ2n) is 8.32. The summed E-state index contributed by atoms with van der Waals surface area (Å²) in [4.78, 5) is 25.6. The van der Waals surface area contributed by atoms with Crippen LogP contribution in [0.3, 0.4) is 0 Å². The molecule has 158 valence electrons. The molecule has 3 aromatic rings. The number of thioether (sulfide) groups is 1. The lowest BCUT2D eigenvalue weighted by Crippen LogP contribution is -2.40. The molecule has 1 aliphatic carbocycles. The van der Waals surface area contributed by atoms with Crippen LogP contribution in [-0.2, 0) is 11.8 Å². The van der Waals surface area contributed by atoms with Crippen molar-refractivity contribution < 1.29 is 4.79 Å². The number of benzene rings is 1. The Morgan fingerprint density at radius 2 is 1.90 bits per heavy atom. The number of carbonyl (C=O) groups is 1. The lowest BCUT2D eigenvalue weighted by atomic mass is 9.94. The van der Waals surface area contributed by atoms with Crippen LogP contribution in [0.4, 0.5) is 5.82 Å². The van der Waals surface area contributed by atoms with Gasteiger partial charge in [-0.05, 0) is 55.8 Å². The molecule has 2 aromatic heterocycles. The van der Waals surface area contributed by atoms with E-state index in [1.54, 1.807) is 0 Å². The van der Waals surface area contributed by atoms with Gasteiger partial charge in [-0.2, -0.15) is 0 Å². The van der Waals surface area contributed by atoms with Gasteiger partial charge in [0.15, 0.2) is 11.0 Å². The van der Waals surface area contributed by atoms with Gasteiger partial charge in [0.05, 0.1) is 4.91 Å². The Kier molecular flexibility index (Phi) is 5.40. The molecule has 5 nitrogen and oxygen atoms in total. The maximum Gasteiger partial charge on any atom is 0.267 e. The molecule has 1 saturated heterocycles. The van der Waals surface area contributed by atoms with Crippen LogP contribution in [0.5, 0.6) is 0 Å². The number of hydrogen-bond acceptors (Lipinski definition) is 4. The van der Waals surface area contributed by atoms with Gasteiger partial charge in [-0.25, -0.2) is 9.98 Å². The fourth-order valence-electron chi connectivity index (χ4n) is 4.54. The van der Waals surface area contributed by atoms with Crippen molar-refractivity contribution in [2.75, 3.05) is 0 Å². The first kappa shape index (κ1) is 20.1. The average molecular weight is 431 g/mol. The molecule has 2 aliphatic rings. The van der Waals surface area contributed by atoms with Crippen molar-refractivity contribution in [2.45, 2.75) is 45.1 Å². The van der Waals surface area contributed by atoms with Crippen molar-refractivity contribution in [3.63, 3.8) is 0 Å². The van der Waals surface area contributed by atoms with Gasteiger partial charge in [0.2, 0.25) is 0 Å². The minimum atomic E-state index is 0.0660. The fourth-order valence-corrected chi connectivity index (χ4v) is 5.58. The van der Waals surface area contributed by atoms with Crippen molar-refractivity contribution in [3.8, 4) is 0 Å². The first-order valence-electron chi connectivity index (χ1n) is 10.9. The predicted molar refractivity (Wildman–Crippen MR) is 128 cm³/mol. The summed E-state index contributed by atoms with van der Waals surface area (Å²) in [7, 11) is 2.04. The summed E-state index contributed by atoms with van der Waals surface area (Å²) in [5.41, 5.74) is 3.14. The van der Waals surface area contributed by atoms with Crippen molar-refractivity contribution in [1.82, 2.24) is 14.5 Å². The van der Waals surface area contributed by atoms with Gasteiger partial charge < -0.3 is 4.57 Å². The molecule has 0 unspecified atom stereocenters. The van der Waals surface area contributed by atoms with Crippen molar-refractivity contribution in [1.29, 1.82) is 0 Å². The molecule has 5 rings (SSSR count). The van der Waals surface area contributed by atoms with Crippen LogP contribution in [0.15, 0.2) is 58.6 Å². The van der Waals surface area contributed by atoms with Crippen LogP contribution in [0.1, 0.15) is 43.4 Å². The number of fused-ring (bicyclic) bond motifs is 1. The van der Waals surface area contributed by atoms with Gasteiger partial charge in [-0.1, -0.05) is 43.5 Å². The fraction of sp³-hybridized carbons (Fsp3) is 0.320. The summed E-state index contributed by atoms with van der Waals surface area (Å²) < 4.78 is 2.11. The molecule has 1 aromatic carbocycles. The van der Waals surface area contributed by atoms with Gasteiger partial charge in [0.1, 0.15) is 0 Å². The van der Waals surface area contributed by atoms with Gasteiger partial charge in [-0.15, -0.1) is 0 Å². The highest BCUT2D eigenvalue weighted by molar-refractivity contribution is 8.18. The number of rotatable bonds is 3. The zero-order valence-electron chi connectivity index (χ0n) is 17.9. The molecule has 2 fully saturated rings. The number of amides is 1. The average Bonchev–Trinajstić information content (AvgIpc) is 3.25. The zero-order chi connectivity index (χ0) is 21.4. The number of amidine groups is 1. The number of aromatic nitrogens is 2. The highest BCUT2D eigenvalue weighted by Crippen LogP contribution is 2.39. The Labute approximate surface area is 186 Å². The van der Waals surface area contributed by atoms with Crippen LogP contribution in [0.25, 0.3) is 17.0 Å². The summed E-state index contributed by atoms with van der Waals surface area (Å²) in [6.07, 6.45) is 9.76. The van der Waals surface area contributed by atoms with Crippen LogP contribution in [0, 0.1) is 6.92 Å². The Bertz CT molecular complexity index is 1200. The van der Waals surface area contributed by atoms with Crippen LogP contribution in [0.2, 0.25) is 0 Å². The number of pyridine rings is 1. The van der Waals surface area contributed by atoms with Gasteiger partial charge in [0, 0.05) is 41.4 Å². The molecule has 1 amide bonds. The molecular weight excluding hydrogens is 404 g/mol. The second-order valence-corrected chi connectivity index (χ2v) is 9.33. The van der Waals surface area contributed by atoms with E-state index in [0.717, 1.165) is 57.9 Å². The third-order valence-corrected chi connectivity index (χ3v) is 7.06. The normalized spacial score (nSPS) is 20.5. The van der Waals surface area contributed by atoms with E-state index < -0.39 is 0 Å². The van der Waals surface area contributed by atoms with Crippen LogP contribution >= 0.6 is 11.8 Å². The first-order chi connectivity index (χ1) is 15.1. The van der Waals surface area contributed by atoms with Gasteiger partial charge in [0.25, 0.3) is 5.91 Å². The number of nitrogens with zero attached hydrogens (tertiary/aromatic N) is 4. The maximum absolute atomic E-state index is 13.5. The summed E-state index contributed by atoms with van der Waals surface area (Å²) in [5, 5.41) is 1.90. The molecule has 0 spiro atoms. The Morgan fingerprint density at radius 1 is 1.10 bits per heavy atom. The van der Waals surface area contributed by atoms with E-state index in [1.807, 2.05) is 55.3 Å². The molecule has 0 atom stereocenters. The third-order valence-electron chi connectivity index (χ3n) is 6.07. The highest BCUT2D eigenvalue weighted by Gasteiger charge is 2.38. The monoisotopic (exact) mass is 430 g/mol.